The van der Waals surface area contributed by atoms with Gasteiger partial charge in [-0.1, -0.05) is 24.3 Å². The van der Waals surface area contributed by atoms with Crippen LogP contribution >= 0.6 is 35.6 Å². The van der Waals surface area contributed by atoms with E-state index in [0.29, 0.717) is 5.75 Å². The molecule has 0 saturated carbocycles. The van der Waals surface area contributed by atoms with E-state index >= 15 is 0 Å². The normalized spacial score (nSPS) is 22.6. The van der Waals surface area contributed by atoms with Crippen molar-refractivity contribution in [3.63, 3.8) is 0 Å². The molecule has 25 heavy (non-hydrogen) atoms. The summed E-state index contributed by atoms with van der Waals surface area (Å²) in [5.74, 6) is 0.229. The lowest BCUT2D eigenvalue weighted by Gasteiger charge is -2.40. The largest absolute Gasteiger partial charge is 0.375 e. The van der Waals surface area contributed by atoms with E-state index in [1.165, 1.54) is 12.1 Å². The van der Waals surface area contributed by atoms with E-state index < -0.39 is 4.87 Å². The lowest BCUT2D eigenvalue weighted by atomic mass is 9.79. The molecule has 1 heterocycles. The molecule has 0 aliphatic carbocycles. The molecule has 0 amide bonds. The van der Waals surface area contributed by atoms with Crippen molar-refractivity contribution < 1.29 is 4.39 Å². The molecule has 130 valence electrons. The monoisotopic (exact) mass is 393 g/mol. The first-order valence-corrected chi connectivity index (χ1v) is 9.46. The number of thioether (sulfide) groups is 1. The third-order valence-electron chi connectivity index (χ3n) is 4.23. The number of hydrazone groups is 1. The number of rotatable bonds is 3. The zero-order valence-corrected chi connectivity index (χ0v) is 15.9. The fourth-order valence-electron chi connectivity index (χ4n) is 3.07. The summed E-state index contributed by atoms with van der Waals surface area (Å²) in [6, 6.07) is 12.6. The van der Waals surface area contributed by atoms with Crippen LogP contribution in [0.3, 0.4) is 0 Å². The third-order valence-corrected chi connectivity index (χ3v) is 6.20. The molecule has 2 aromatic carbocycles. The molecule has 0 fully saturated rings. The van der Waals surface area contributed by atoms with Gasteiger partial charge in [-0.2, -0.15) is 5.10 Å². The molecular weight excluding hydrogens is 377 g/mol. The number of hydrogen-bond donors (Lipinski definition) is 2. The number of fused-ring (bicyclic) bond motifs is 1. The van der Waals surface area contributed by atoms with E-state index in [2.05, 4.69) is 10.5 Å². The maximum Gasteiger partial charge on any atom is 0.184 e. The van der Waals surface area contributed by atoms with Crippen molar-refractivity contribution in [2.45, 2.75) is 16.7 Å². The van der Waals surface area contributed by atoms with E-state index in [4.69, 9.17) is 29.6 Å². The highest BCUT2D eigenvalue weighted by molar-refractivity contribution is 7.99. The van der Waals surface area contributed by atoms with Crippen LogP contribution in [0.15, 0.2) is 52.5 Å². The number of nitrogens with two attached hydrogens (primary N) is 1. The minimum absolute atomic E-state index is 0.0854. The van der Waals surface area contributed by atoms with Crippen LogP contribution in [0.2, 0.25) is 0 Å². The maximum atomic E-state index is 14.0. The summed E-state index contributed by atoms with van der Waals surface area (Å²) in [6.45, 7) is 2.00. The van der Waals surface area contributed by atoms with Gasteiger partial charge in [0.05, 0.1) is 0 Å². The predicted octanol–water partition coefficient (Wildman–Crippen LogP) is 4.16. The highest BCUT2D eigenvalue weighted by atomic mass is 35.5. The second kappa shape index (κ2) is 7.32. The van der Waals surface area contributed by atoms with Gasteiger partial charge in [0.15, 0.2) is 5.11 Å². The van der Waals surface area contributed by atoms with Crippen LogP contribution in [-0.4, -0.2) is 17.1 Å². The number of aryl methyl sites for hydroxylation is 1. The molecule has 0 radical (unpaired) electrons. The lowest BCUT2D eigenvalue weighted by Crippen LogP contribution is -2.38. The Morgan fingerprint density at radius 3 is 2.88 bits per heavy atom. The SMILES string of the molecule is Cc1ccccc1C1(Cl)c2cc(F)ccc2SCC1C=NNC(N)=S. The molecule has 2 unspecified atom stereocenters. The van der Waals surface area contributed by atoms with Crippen LogP contribution in [0.4, 0.5) is 4.39 Å². The Hall–Kier alpha value is -1.63. The average Bonchev–Trinajstić information content (AvgIpc) is 2.57. The molecule has 0 saturated heterocycles. The van der Waals surface area contributed by atoms with Gasteiger partial charge in [0.2, 0.25) is 0 Å². The Balaban J connectivity index is 2.16. The van der Waals surface area contributed by atoms with Gasteiger partial charge in [0.1, 0.15) is 10.7 Å². The Labute approximate surface area is 160 Å². The highest BCUT2D eigenvalue weighted by Crippen LogP contribution is 2.52. The van der Waals surface area contributed by atoms with Crippen LogP contribution in [0.25, 0.3) is 0 Å². The lowest BCUT2D eigenvalue weighted by molar-refractivity contribution is 0.566. The summed E-state index contributed by atoms with van der Waals surface area (Å²) in [7, 11) is 0. The van der Waals surface area contributed by atoms with Crippen LogP contribution in [0.5, 0.6) is 0 Å². The van der Waals surface area contributed by atoms with Gasteiger partial charge in [0.25, 0.3) is 0 Å². The van der Waals surface area contributed by atoms with Crippen molar-refractivity contribution in [2.24, 2.45) is 16.8 Å². The first kappa shape index (κ1) is 18.2. The van der Waals surface area contributed by atoms with E-state index in [-0.39, 0.29) is 16.8 Å². The molecule has 0 spiro atoms. The van der Waals surface area contributed by atoms with Gasteiger partial charge >= 0.3 is 0 Å². The van der Waals surface area contributed by atoms with Crippen molar-refractivity contribution in [1.29, 1.82) is 0 Å². The summed E-state index contributed by atoms with van der Waals surface area (Å²) in [5, 5.41) is 4.19. The summed E-state index contributed by atoms with van der Waals surface area (Å²) < 4.78 is 14.0. The van der Waals surface area contributed by atoms with Gasteiger partial charge < -0.3 is 5.73 Å². The fourth-order valence-corrected chi connectivity index (χ4v) is 5.01. The van der Waals surface area contributed by atoms with Crippen molar-refractivity contribution in [3.8, 4) is 0 Å². The van der Waals surface area contributed by atoms with E-state index in [1.807, 2.05) is 31.2 Å². The number of thiocarbonyl (C=S) groups is 1. The summed E-state index contributed by atoms with van der Waals surface area (Å²) in [6.07, 6.45) is 1.71. The van der Waals surface area contributed by atoms with Crippen molar-refractivity contribution in [2.75, 3.05) is 5.75 Å². The quantitative estimate of drug-likeness (QED) is 0.356. The molecule has 0 bridgehead atoms. The average molecular weight is 394 g/mol. The van der Waals surface area contributed by atoms with Crippen LogP contribution < -0.4 is 11.2 Å². The molecular formula is C18H17ClFN3S2. The zero-order valence-electron chi connectivity index (χ0n) is 13.5. The Morgan fingerprint density at radius 1 is 1.40 bits per heavy atom. The number of halogens is 2. The molecule has 3 nitrogen and oxygen atoms in total. The second-order valence-corrected chi connectivity index (χ2v) is 7.94. The number of nitrogens with zero attached hydrogens (tertiary/aromatic N) is 1. The Kier molecular flexibility index (Phi) is 5.32. The van der Waals surface area contributed by atoms with Crippen molar-refractivity contribution in [1.82, 2.24) is 5.43 Å². The topological polar surface area (TPSA) is 50.4 Å². The molecule has 3 rings (SSSR count). The van der Waals surface area contributed by atoms with Crippen molar-refractivity contribution >= 4 is 46.9 Å². The third kappa shape index (κ3) is 3.52. The van der Waals surface area contributed by atoms with Crippen LogP contribution in [0, 0.1) is 18.7 Å². The number of nitrogens with one attached hydrogen (secondary N) is 1. The minimum atomic E-state index is -0.921. The van der Waals surface area contributed by atoms with Gasteiger partial charge in [-0.3, -0.25) is 5.43 Å². The number of alkyl halides is 1. The Bertz CT molecular complexity index is 843. The van der Waals surface area contributed by atoms with Crippen LogP contribution in [0.1, 0.15) is 16.7 Å². The Morgan fingerprint density at radius 2 is 2.16 bits per heavy atom. The second-order valence-electron chi connectivity index (χ2n) is 5.84. The standard InChI is InChI=1S/C18H17ClFN3S2/c1-11-4-2-3-5-14(11)18(19)12(9-22-23-17(21)24)10-25-16-7-6-13(20)8-15(16)18/h2-9,12H,10H2,1H3,(H3,21,23,24). The highest BCUT2D eigenvalue weighted by Gasteiger charge is 2.45. The molecule has 2 atom stereocenters. The molecule has 7 heteroatoms. The van der Waals surface area contributed by atoms with E-state index in [1.54, 1.807) is 24.0 Å². The number of hydrogen-bond acceptors (Lipinski definition) is 3. The molecule has 2 aromatic rings. The van der Waals surface area contributed by atoms with Gasteiger partial charge in [-0.05, 0) is 54.0 Å². The first-order valence-electron chi connectivity index (χ1n) is 7.69. The summed E-state index contributed by atoms with van der Waals surface area (Å²) >= 11 is 13.6. The fraction of sp³-hybridized carbons (Fsp3) is 0.222. The zero-order chi connectivity index (χ0) is 18.0. The van der Waals surface area contributed by atoms with Gasteiger partial charge in [0, 0.05) is 22.8 Å². The summed E-state index contributed by atoms with van der Waals surface area (Å²) in [5.41, 5.74) is 10.7. The van der Waals surface area contributed by atoms with Crippen molar-refractivity contribution in [3.05, 3.63) is 65.0 Å². The van der Waals surface area contributed by atoms with E-state index in [0.717, 1.165) is 21.6 Å². The predicted molar refractivity (Wildman–Crippen MR) is 107 cm³/mol. The molecule has 1 aliphatic rings. The minimum Gasteiger partial charge on any atom is -0.375 e. The van der Waals surface area contributed by atoms with Gasteiger partial charge in [-0.15, -0.1) is 23.4 Å². The molecule has 3 N–H and O–H groups in total. The summed E-state index contributed by atoms with van der Waals surface area (Å²) in [4.78, 5) is 0.0571. The van der Waals surface area contributed by atoms with E-state index in [9.17, 15) is 4.39 Å². The van der Waals surface area contributed by atoms with Gasteiger partial charge in [-0.25, -0.2) is 4.39 Å². The maximum absolute atomic E-state index is 14.0. The van der Waals surface area contributed by atoms with Crippen LogP contribution in [-0.2, 0) is 4.87 Å². The smallest absolute Gasteiger partial charge is 0.184 e. The molecule has 0 aromatic heterocycles. The first-order chi connectivity index (χ1) is 11.9. The molecule has 1 aliphatic heterocycles. The number of benzene rings is 2.